The van der Waals surface area contributed by atoms with Crippen LogP contribution >= 0.6 is 47.0 Å². The molecule has 20 rings (SSSR count). The second kappa shape index (κ2) is 47.3. The molecular weight excluding hydrogens is 1950 g/mol. The van der Waals surface area contributed by atoms with Crippen molar-refractivity contribution in [2.24, 2.45) is 0 Å². The molecule has 4 aromatic carbocycles. The maximum Gasteiger partial charge on any atom is 0.191 e. The fourth-order valence-electron chi connectivity index (χ4n) is 17.1. The Hall–Kier alpha value is -9.52. The van der Waals surface area contributed by atoms with Crippen LogP contribution in [-0.2, 0) is 18.9 Å². The summed E-state index contributed by atoms with van der Waals surface area (Å²) >= 11 is 1.55. The molecule has 0 radical (unpaired) electrons. The number of rotatable bonds is 40. The quantitative estimate of drug-likeness (QED) is 0.00969. The molecule has 8 fully saturated rings. The van der Waals surface area contributed by atoms with Crippen LogP contribution in [0, 0.1) is 51.0 Å². The third-order valence-corrected chi connectivity index (χ3v) is 27.6. The molecule has 0 saturated heterocycles. The van der Waals surface area contributed by atoms with Crippen molar-refractivity contribution in [3.8, 4) is 0 Å². The minimum Gasteiger partial charge on any atom is -0.394 e. The Morgan fingerprint density at radius 3 is 0.840 bits per heavy atom. The fraction of sp³-hybridized carbons (Fsp3) is 0.583. The van der Waals surface area contributed by atoms with Gasteiger partial charge in [0, 0.05) is 118 Å². The molecule has 0 unspecified atom stereocenters. The highest BCUT2D eigenvalue weighted by Gasteiger charge is 2.51. The summed E-state index contributed by atoms with van der Waals surface area (Å²) in [5, 5.41) is 167. The van der Waals surface area contributed by atoms with Gasteiger partial charge in [-0.3, -0.25) is 0 Å². The number of halogens is 4. The molecule has 16 N–H and O–H groups in total. The summed E-state index contributed by atoms with van der Waals surface area (Å²) < 4.78 is 372. The molecule has 24 atom stereocenters. The molecule has 0 amide bonds. The molecule has 0 aliphatic heterocycles. The van der Waals surface area contributed by atoms with Crippen molar-refractivity contribution in [1.82, 2.24) is 99.8 Å². The molecule has 8 aromatic heterocycles. The molecule has 48 heteroatoms. The van der Waals surface area contributed by atoms with Crippen molar-refractivity contribution < 1.29 is 147 Å². The number of anilines is 4. The van der Waals surface area contributed by atoms with Gasteiger partial charge in [0.15, 0.2) is 88.6 Å². The number of nitrogens with one attached hydrogen (secondary N) is 4. The number of fused-ring (bicyclic) bond motifs is 4. The van der Waals surface area contributed by atoms with Crippen LogP contribution in [0.25, 0.3) is 44.7 Å². The van der Waals surface area contributed by atoms with Crippen LogP contribution in [-0.4, -0.2) is 334 Å². The number of hydrogen-bond donors (Lipinski definition) is 16. The standard InChI is InChI=1S/4C24H31FN6O4S/c4*1-3-8-36-24-27-22(26-16-10-14(16)13-5-4-12(2)15(25)9-13)19-23(28-24)31(30-29-19)17-11-18(35-7-6-32)21(34)20(17)33/h4*4-5,9,14,16-18,20-21,32-34H,3,6-8,10-11H2,1-2H3,(H,26,27,28)/t4*14-,16+,17+,18-,20-,21+/m0000/s1/i3D2,4D,5D,6D2,7D2,8D2,9D;3D2,4D,5D,7D2,8D2,9D;3D2,4D,5D,6D2,8D2,9D;3D2,4D,5D,8D2,9D. The van der Waals surface area contributed by atoms with E-state index in [0.29, 0.717) is 72.7 Å². The van der Waals surface area contributed by atoms with E-state index in [2.05, 4.69) is 102 Å². The molecule has 144 heavy (non-hydrogen) atoms. The smallest absolute Gasteiger partial charge is 0.191 e. The number of aliphatic hydroxyl groups excluding tert-OH is 10. The monoisotopic (exact) mass is 2110 g/mol. The molecule has 0 bridgehead atoms. The number of nitrogens with zero attached hydrogens (tertiary/aromatic N) is 20. The Balaban J connectivity index is 0.000000158. The third kappa shape index (κ3) is 23.8. The van der Waals surface area contributed by atoms with E-state index < -0.39 is 280 Å². The average molecular weight is 2110 g/mol. The Morgan fingerprint density at radius 2 is 0.597 bits per heavy atom. The second-order valence-electron chi connectivity index (χ2n) is 34.4. The Labute approximate surface area is 894 Å². The van der Waals surface area contributed by atoms with E-state index >= 15 is 0 Å². The maximum atomic E-state index is 14.7. The van der Waals surface area contributed by atoms with Gasteiger partial charge in [-0.1, -0.05) is 144 Å². The van der Waals surface area contributed by atoms with Crippen LogP contribution in [0.4, 0.5) is 40.8 Å². The van der Waals surface area contributed by atoms with Gasteiger partial charge in [0.2, 0.25) is 0 Å². The molecule has 776 valence electrons. The topological polar surface area (TPSA) is 554 Å². The van der Waals surface area contributed by atoms with E-state index in [9.17, 15) is 73.7 Å². The Bertz CT molecular complexity index is 8280. The summed E-state index contributed by atoms with van der Waals surface area (Å²) in [6, 6.07) is -10.4. The van der Waals surface area contributed by atoms with Crippen molar-refractivity contribution in [1.29, 1.82) is 0 Å². The SMILES string of the molecule is [2H]c1c([2H])c([C@@H]2C[C@H]2Nc2nc(SC([2H])([2H])C([2H])([2H])C)nc3c2nnn3[C@@H]2C[C@H](OC([2H])([2H])C([2H])([2H])O)[C@@H](O)[C@H]2O)c([2H])c(F)c1C.[2H]c1c([2H])c([C@@H]2C[C@H]2Nc2nc(SC([2H])([2H])C([2H])([2H])C)nc3c2nnn3[C@@H]2C[C@H](OC([2H])([2H])CO)[C@@H](O)[C@H]2O)c([2H])c(F)c1C.[2H]c1c([2H])c([C@@H]2C[C@H]2Nc2nc(SC([2H])([2H])C([2H])([2H])C)nc3c2nnn3[C@@H]2C[C@H](OCC([2H])([2H])O)[C@@H](O)[C@H]2O)c([2H])c(F)c1C.[2H]c1c([2H])c([C@@H]2C[C@H]2Nc2nc(SC([2H])([2H])C([2H])([2H])C)nc3c2nnn3[C@@H]2C[C@H](OCCO)[C@@H](O)[C@H]2O)c([2H])c(F)c1C. The van der Waals surface area contributed by atoms with E-state index in [1.54, 1.807) is 0 Å². The van der Waals surface area contributed by atoms with Gasteiger partial charge in [0.05, 0.1) is 129 Å². The first kappa shape index (κ1) is 68.9. The maximum absolute atomic E-state index is 14.7. The molecule has 8 aliphatic carbocycles. The van der Waals surface area contributed by atoms with Gasteiger partial charge in [-0.2, -0.15) is 0 Å². The lowest BCUT2D eigenvalue weighted by Gasteiger charge is -2.17. The largest absolute Gasteiger partial charge is 0.394 e. The number of hydrogen-bond acceptors (Lipinski definition) is 40. The van der Waals surface area contributed by atoms with Crippen LogP contribution < -0.4 is 21.3 Å². The van der Waals surface area contributed by atoms with Crippen molar-refractivity contribution in [2.75, 3.05) is 96.8 Å². The summed E-state index contributed by atoms with van der Waals surface area (Å²) in [7, 11) is 0. The number of ether oxygens (including phenoxy) is 4. The van der Waals surface area contributed by atoms with Gasteiger partial charge in [-0.25, -0.2) is 76.2 Å². The second-order valence-corrected chi connectivity index (χ2v) is 37.5. The van der Waals surface area contributed by atoms with Gasteiger partial charge < -0.3 is 101 Å². The van der Waals surface area contributed by atoms with Gasteiger partial charge in [-0.15, -0.1) is 20.4 Å². The van der Waals surface area contributed by atoms with E-state index in [4.69, 9.17) is 73.4 Å². The minimum absolute atomic E-state index is 0.0166. The molecule has 8 saturated carbocycles. The summed E-state index contributed by atoms with van der Waals surface area (Å²) in [5.74, 6) is -5.59. The average Bonchev–Trinajstić information content (AvgIpc) is 1.59. The minimum atomic E-state index is -3.45. The summed E-state index contributed by atoms with van der Waals surface area (Å²) in [5.41, 5.74) is -10.2. The highest BCUT2D eigenvalue weighted by Crippen LogP contribution is 2.50. The highest BCUT2D eigenvalue weighted by molar-refractivity contribution is 7.99. The van der Waals surface area contributed by atoms with Crippen LogP contribution in [0.1, 0.15) is 246 Å². The van der Waals surface area contributed by atoms with E-state index in [1.165, 1.54) is 37.1 Å². The van der Waals surface area contributed by atoms with Crippen LogP contribution in [0.3, 0.4) is 0 Å². The number of thioether (sulfide) groups is 4. The first-order chi connectivity index (χ1) is 83.0. The zero-order valence-corrected chi connectivity index (χ0v) is 80.7. The highest BCUT2D eigenvalue weighted by atomic mass is 32.2. The Morgan fingerprint density at radius 1 is 0.340 bits per heavy atom. The summed E-state index contributed by atoms with van der Waals surface area (Å²) in [4.78, 5) is 34.8. The van der Waals surface area contributed by atoms with E-state index in [-0.39, 0.29) is 220 Å². The molecule has 0 spiro atoms. The van der Waals surface area contributed by atoms with Crippen LogP contribution in [0.2, 0.25) is 0 Å². The lowest BCUT2D eigenvalue weighted by atomic mass is 10.1. The summed E-state index contributed by atoms with van der Waals surface area (Å²) in [6.07, 6.45) is -25.4. The molecule has 8 heterocycles. The van der Waals surface area contributed by atoms with Crippen molar-refractivity contribution in [3.63, 3.8) is 0 Å². The molecular formula is C96H124F4N24O16S4. The predicted molar refractivity (Wildman–Crippen MR) is 530 cm³/mol. The summed E-state index contributed by atoms with van der Waals surface area (Å²) in [6.45, 7) is -4.47. The zero-order chi connectivity index (χ0) is 134. The Kier molecular flexibility index (Phi) is 22.6. The predicted octanol–water partition coefficient (Wildman–Crippen LogP) is 8.73. The molecule has 12 aromatic rings. The number of benzene rings is 4. The fourth-order valence-corrected chi connectivity index (χ4v) is 18.9. The molecule has 40 nitrogen and oxygen atoms in total. The van der Waals surface area contributed by atoms with Crippen molar-refractivity contribution >= 4 is 115 Å². The van der Waals surface area contributed by atoms with E-state index in [0.717, 1.165) is 37.1 Å². The lowest BCUT2D eigenvalue weighted by Crippen LogP contribution is -2.33. The van der Waals surface area contributed by atoms with Gasteiger partial charge in [-0.05, 0) is 148 Å². The normalized spacial score (nSPS) is 32.4. The van der Waals surface area contributed by atoms with E-state index in [1.807, 2.05) is 0 Å². The van der Waals surface area contributed by atoms with Gasteiger partial charge in [0.1, 0.15) is 72.1 Å². The van der Waals surface area contributed by atoms with Crippen LogP contribution in [0.15, 0.2) is 93.1 Å². The van der Waals surface area contributed by atoms with Crippen LogP contribution in [0.5, 0.6) is 0 Å². The van der Waals surface area contributed by atoms with Gasteiger partial charge in [0.25, 0.3) is 0 Å². The zero-order valence-electron chi connectivity index (χ0n) is 113. The first-order valence-corrected chi connectivity index (χ1v) is 48.4. The van der Waals surface area contributed by atoms with Gasteiger partial charge >= 0.3 is 0 Å². The van der Waals surface area contributed by atoms with Crippen molar-refractivity contribution in [3.05, 3.63) is 140 Å². The lowest BCUT2D eigenvalue weighted by molar-refractivity contribution is -0.0629. The third-order valence-electron chi connectivity index (χ3n) is 24.9. The number of aliphatic hydroxyl groups is 12. The number of aromatic nitrogens is 20. The molecule has 8 aliphatic rings. The first-order valence-electron chi connectivity index (χ1n) is 63.1. The van der Waals surface area contributed by atoms with Crippen molar-refractivity contribution in [2.45, 2.75) is 298 Å².